The van der Waals surface area contributed by atoms with Gasteiger partial charge in [-0.3, -0.25) is 0 Å². The highest BCUT2D eigenvalue weighted by molar-refractivity contribution is 5.25. The minimum absolute atomic E-state index is 0.234. The second-order valence-corrected chi connectivity index (χ2v) is 2.65. The zero-order valence-electron chi connectivity index (χ0n) is 6.48. The molecular weight excluding hydrogens is 124 g/mol. The van der Waals surface area contributed by atoms with Crippen LogP contribution in [0.25, 0.3) is 0 Å². The average molecular weight is 136 g/mol. The Bertz CT molecular complexity index is 209. The van der Waals surface area contributed by atoms with Gasteiger partial charge in [0.2, 0.25) is 0 Å². The fraction of sp³-hybridized carbons (Fsp3) is 0.444. The first kappa shape index (κ1) is 7.33. The van der Waals surface area contributed by atoms with Gasteiger partial charge in [-0.25, -0.2) is 0 Å². The summed E-state index contributed by atoms with van der Waals surface area (Å²) in [6, 6.07) is 0. The Morgan fingerprint density at radius 3 is 3.00 bits per heavy atom. The van der Waals surface area contributed by atoms with Gasteiger partial charge in [0.15, 0.2) is 0 Å². The summed E-state index contributed by atoms with van der Waals surface area (Å²) in [6.45, 7) is 8.30. The van der Waals surface area contributed by atoms with Crippen LogP contribution in [0.1, 0.15) is 13.8 Å². The van der Waals surface area contributed by atoms with Crippen molar-refractivity contribution in [3.8, 4) is 0 Å². The molecule has 0 aromatic carbocycles. The van der Waals surface area contributed by atoms with E-state index in [1.807, 2.05) is 13.0 Å². The van der Waals surface area contributed by atoms with Gasteiger partial charge >= 0.3 is 0 Å². The zero-order valence-corrected chi connectivity index (χ0v) is 6.48. The van der Waals surface area contributed by atoms with Gasteiger partial charge < -0.3 is 4.74 Å². The van der Waals surface area contributed by atoms with Crippen LogP contribution in [-0.4, -0.2) is 12.2 Å². The lowest BCUT2D eigenvalue weighted by molar-refractivity contribution is 0.0741. The van der Waals surface area contributed by atoms with Gasteiger partial charge in [0.05, 0.1) is 6.61 Å². The standard InChI is InChI=1S/C9H12O/c1-4-6-9(3)8(2)5-7-10-9/h5-6H,1,7H2,2-3H3. The number of rotatable bonds is 1. The molecule has 1 aliphatic heterocycles. The van der Waals surface area contributed by atoms with Crippen molar-refractivity contribution < 1.29 is 4.74 Å². The highest BCUT2D eigenvalue weighted by Gasteiger charge is 2.27. The van der Waals surface area contributed by atoms with Gasteiger partial charge in [0.1, 0.15) is 5.60 Å². The molecule has 0 saturated heterocycles. The molecule has 0 radical (unpaired) electrons. The van der Waals surface area contributed by atoms with E-state index in [1.54, 1.807) is 0 Å². The highest BCUT2D eigenvalue weighted by atomic mass is 16.5. The van der Waals surface area contributed by atoms with E-state index in [4.69, 9.17) is 4.74 Å². The quantitative estimate of drug-likeness (QED) is 0.396. The van der Waals surface area contributed by atoms with E-state index in [0.717, 1.165) is 0 Å². The van der Waals surface area contributed by atoms with Crippen LogP contribution < -0.4 is 0 Å². The van der Waals surface area contributed by atoms with Gasteiger partial charge in [-0.2, -0.15) is 0 Å². The second-order valence-electron chi connectivity index (χ2n) is 2.65. The van der Waals surface area contributed by atoms with E-state index in [0.29, 0.717) is 6.61 Å². The van der Waals surface area contributed by atoms with Crippen LogP contribution in [0.5, 0.6) is 0 Å². The van der Waals surface area contributed by atoms with Crippen molar-refractivity contribution in [3.63, 3.8) is 0 Å². The lowest BCUT2D eigenvalue weighted by Crippen LogP contribution is -2.22. The van der Waals surface area contributed by atoms with Gasteiger partial charge in [-0.1, -0.05) is 12.7 Å². The first-order valence-corrected chi connectivity index (χ1v) is 3.37. The molecule has 0 aromatic rings. The summed E-state index contributed by atoms with van der Waals surface area (Å²) in [5.41, 5.74) is 3.74. The first-order valence-electron chi connectivity index (χ1n) is 3.37. The lowest BCUT2D eigenvalue weighted by Gasteiger charge is -2.19. The molecule has 0 amide bonds. The van der Waals surface area contributed by atoms with Gasteiger partial charge in [-0.15, -0.1) is 5.73 Å². The molecule has 1 unspecified atom stereocenters. The molecule has 1 aliphatic rings. The highest BCUT2D eigenvalue weighted by Crippen LogP contribution is 2.27. The molecule has 54 valence electrons. The molecule has 1 heterocycles. The van der Waals surface area contributed by atoms with E-state index in [2.05, 4.69) is 25.3 Å². The van der Waals surface area contributed by atoms with Gasteiger partial charge in [-0.05, 0) is 25.5 Å². The summed E-state index contributed by atoms with van der Waals surface area (Å²) in [7, 11) is 0. The monoisotopic (exact) mass is 136 g/mol. The predicted octanol–water partition coefficient (Wildman–Crippen LogP) is 2.06. The Morgan fingerprint density at radius 2 is 2.60 bits per heavy atom. The Morgan fingerprint density at radius 1 is 1.90 bits per heavy atom. The Balaban J connectivity index is 2.88. The topological polar surface area (TPSA) is 9.23 Å². The minimum atomic E-state index is -0.234. The van der Waals surface area contributed by atoms with Crippen molar-refractivity contribution in [2.75, 3.05) is 6.61 Å². The van der Waals surface area contributed by atoms with Crippen molar-refractivity contribution in [1.82, 2.24) is 0 Å². The number of hydrogen-bond acceptors (Lipinski definition) is 1. The summed E-state index contributed by atoms with van der Waals surface area (Å²) in [5, 5.41) is 0. The smallest absolute Gasteiger partial charge is 0.112 e. The summed E-state index contributed by atoms with van der Waals surface area (Å²) in [6.07, 6.45) is 3.93. The molecule has 0 bridgehead atoms. The van der Waals surface area contributed by atoms with Crippen molar-refractivity contribution in [3.05, 3.63) is 30.0 Å². The average Bonchev–Trinajstić information content (AvgIpc) is 2.15. The van der Waals surface area contributed by atoms with Crippen LogP contribution in [-0.2, 0) is 4.74 Å². The first-order chi connectivity index (χ1) is 4.69. The van der Waals surface area contributed by atoms with Crippen LogP contribution in [0.15, 0.2) is 30.0 Å². The predicted molar refractivity (Wildman–Crippen MR) is 41.8 cm³/mol. The molecule has 1 rings (SSSR count). The zero-order chi connectivity index (χ0) is 7.61. The van der Waals surface area contributed by atoms with E-state index in [1.165, 1.54) is 5.57 Å². The van der Waals surface area contributed by atoms with Crippen molar-refractivity contribution in [2.45, 2.75) is 19.4 Å². The fourth-order valence-corrected chi connectivity index (χ4v) is 1.01. The van der Waals surface area contributed by atoms with Crippen molar-refractivity contribution >= 4 is 0 Å². The fourth-order valence-electron chi connectivity index (χ4n) is 1.01. The van der Waals surface area contributed by atoms with Crippen LogP contribution in [0.4, 0.5) is 0 Å². The third-order valence-electron chi connectivity index (χ3n) is 1.93. The maximum atomic E-state index is 5.44. The summed E-state index contributed by atoms with van der Waals surface area (Å²) in [5.74, 6) is 0. The van der Waals surface area contributed by atoms with Gasteiger partial charge in [0, 0.05) is 0 Å². The van der Waals surface area contributed by atoms with E-state index >= 15 is 0 Å². The molecule has 0 saturated carbocycles. The molecule has 0 N–H and O–H groups in total. The molecule has 0 aliphatic carbocycles. The SMILES string of the molecule is C=C=CC1(C)OCC=C1C. The molecular formula is C9H12O. The van der Waals surface area contributed by atoms with Gasteiger partial charge in [0.25, 0.3) is 0 Å². The summed E-state index contributed by atoms with van der Waals surface area (Å²) < 4.78 is 5.44. The Hall–Kier alpha value is -0.780. The molecule has 0 fully saturated rings. The minimum Gasteiger partial charge on any atom is -0.362 e. The summed E-state index contributed by atoms with van der Waals surface area (Å²) in [4.78, 5) is 0. The van der Waals surface area contributed by atoms with E-state index in [9.17, 15) is 0 Å². The molecule has 1 nitrogen and oxygen atoms in total. The van der Waals surface area contributed by atoms with Crippen LogP contribution >= 0.6 is 0 Å². The second kappa shape index (κ2) is 2.45. The number of ether oxygens (including phenoxy) is 1. The maximum Gasteiger partial charge on any atom is 0.112 e. The third kappa shape index (κ3) is 1.06. The van der Waals surface area contributed by atoms with Crippen molar-refractivity contribution in [1.29, 1.82) is 0 Å². The Kier molecular flexibility index (Phi) is 1.80. The van der Waals surface area contributed by atoms with Crippen LogP contribution in [0, 0.1) is 0 Å². The maximum absolute atomic E-state index is 5.44. The molecule has 0 spiro atoms. The molecule has 1 atom stereocenters. The lowest BCUT2D eigenvalue weighted by atomic mass is 9.99. The normalized spacial score (nSPS) is 31.2. The van der Waals surface area contributed by atoms with E-state index < -0.39 is 0 Å². The number of hydrogen-bond donors (Lipinski definition) is 0. The Labute approximate surface area is 61.7 Å². The summed E-state index contributed by atoms with van der Waals surface area (Å²) >= 11 is 0. The molecule has 0 aromatic heterocycles. The largest absolute Gasteiger partial charge is 0.362 e. The van der Waals surface area contributed by atoms with Crippen LogP contribution in [0.2, 0.25) is 0 Å². The van der Waals surface area contributed by atoms with Crippen LogP contribution in [0.3, 0.4) is 0 Å². The van der Waals surface area contributed by atoms with E-state index in [-0.39, 0.29) is 5.60 Å². The third-order valence-corrected chi connectivity index (χ3v) is 1.93. The molecule has 10 heavy (non-hydrogen) atoms. The van der Waals surface area contributed by atoms with Crippen molar-refractivity contribution in [2.24, 2.45) is 0 Å². The molecule has 1 heteroatoms.